The molecule has 1 atom stereocenters. The molecule has 0 spiro atoms. The zero-order valence-corrected chi connectivity index (χ0v) is 21.3. The first-order valence-electron chi connectivity index (χ1n) is 12.4. The lowest BCUT2D eigenvalue weighted by Gasteiger charge is -2.25. The Labute approximate surface area is 213 Å². The molecular formula is C29H36N4O3. The summed E-state index contributed by atoms with van der Waals surface area (Å²) in [6, 6.07) is 18.3. The van der Waals surface area contributed by atoms with Crippen molar-refractivity contribution >= 4 is 17.3 Å². The molecule has 36 heavy (non-hydrogen) atoms. The van der Waals surface area contributed by atoms with Crippen LogP contribution in [-0.2, 0) is 17.9 Å². The summed E-state index contributed by atoms with van der Waals surface area (Å²) in [6.45, 7) is 9.65. The third kappa shape index (κ3) is 5.48. The number of rotatable bonds is 8. The second-order valence-corrected chi connectivity index (χ2v) is 9.50. The van der Waals surface area contributed by atoms with Gasteiger partial charge in [0.05, 0.1) is 17.8 Å². The first-order chi connectivity index (χ1) is 17.3. The van der Waals surface area contributed by atoms with Gasteiger partial charge in [-0.2, -0.15) is 0 Å². The number of carboxylic acids is 1. The first-order valence-corrected chi connectivity index (χ1v) is 12.4. The van der Waals surface area contributed by atoms with E-state index >= 15 is 0 Å². The molecule has 0 saturated carbocycles. The highest BCUT2D eigenvalue weighted by Crippen LogP contribution is 2.37. The topological polar surface area (TPSA) is 105 Å². The Hall–Kier alpha value is -3.55. The summed E-state index contributed by atoms with van der Waals surface area (Å²) in [5.41, 5.74) is 14.1. The average Bonchev–Trinajstić information content (AvgIpc) is 3.07. The van der Waals surface area contributed by atoms with Gasteiger partial charge in [0.1, 0.15) is 12.4 Å². The van der Waals surface area contributed by atoms with E-state index < -0.39 is 5.97 Å². The number of ether oxygens (including phenoxy) is 1. The Morgan fingerprint density at radius 2 is 1.94 bits per heavy atom. The second kappa shape index (κ2) is 11.0. The number of aliphatic carboxylic acids is 1. The molecule has 1 heterocycles. The molecule has 7 nitrogen and oxygen atoms in total. The molecule has 1 unspecified atom stereocenters. The first kappa shape index (κ1) is 25.5. The molecule has 3 aromatic carbocycles. The number of carbonyl (C=O) groups is 1. The summed E-state index contributed by atoms with van der Waals surface area (Å²) in [5.74, 6) is 5.87. The van der Waals surface area contributed by atoms with Gasteiger partial charge >= 0.3 is 5.97 Å². The van der Waals surface area contributed by atoms with Crippen LogP contribution in [0.25, 0.3) is 0 Å². The summed E-state index contributed by atoms with van der Waals surface area (Å²) >= 11 is 0. The van der Waals surface area contributed by atoms with Crippen LogP contribution in [0.3, 0.4) is 0 Å². The average molecular weight is 489 g/mol. The molecular weight excluding hydrogens is 452 g/mol. The largest absolute Gasteiger partial charge is 0.492 e. The van der Waals surface area contributed by atoms with Crippen molar-refractivity contribution < 1.29 is 14.6 Å². The van der Waals surface area contributed by atoms with Gasteiger partial charge in [-0.3, -0.25) is 9.69 Å². The molecule has 1 aliphatic heterocycles. The summed E-state index contributed by atoms with van der Waals surface area (Å²) in [6.07, 6.45) is -0.0207. The highest BCUT2D eigenvalue weighted by molar-refractivity contribution is 5.74. The molecule has 5 N–H and O–H groups in total. The second-order valence-electron chi connectivity index (χ2n) is 9.50. The lowest BCUT2D eigenvalue weighted by atomic mass is 9.84. The van der Waals surface area contributed by atoms with E-state index in [0.29, 0.717) is 18.8 Å². The number of hydrogen-bond acceptors (Lipinski definition) is 6. The molecule has 0 aliphatic carbocycles. The van der Waals surface area contributed by atoms with Crippen LogP contribution in [0.4, 0.5) is 11.4 Å². The zero-order valence-electron chi connectivity index (χ0n) is 21.3. The number of benzene rings is 3. The van der Waals surface area contributed by atoms with Crippen molar-refractivity contribution in [2.45, 2.75) is 46.2 Å². The minimum absolute atomic E-state index is 0.0207. The van der Waals surface area contributed by atoms with Gasteiger partial charge in [-0.1, -0.05) is 42.5 Å². The van der Waals surface area contributed by atoms with Gasteiger partial charge < -0.3 is 20.6 Å². The normalized spacial score (nSPS) is 14.4. The minimum atomic E-state index is -0.848. The molecule has 0 saturated heterocycles. The number of carboxylic acid groups (broad SMARTS) is 1. The highest BCUT2D eigenvalue weighted by atomic mass is 16.5. The van der Waals surface area contributed by atoms with Crippen molar-refractivity contribution in [1.82, 2.24) is 4.90 Å². The van der Waals surface area contributed by atoms with E-state index in [0.717, 1.165) is 47.8 Å². The number of aryl methyl sites for hydroxylation is 1. The van der Waals surface area contributed by atoms with Crippen molar-refractivity contribution in [2.75, 3.05) is 30.4 Å². The van der Waals surface area contributed by atoms with Crippen LogP contribution in [0.2, 0.25) is 0 Å². The smallest absolute Gasteiger partial charge is 0.304 e. The maximum atomic E-state index is 11.9. The molecule has 7 heteroatoms. The Kier molecular flexibility index (Phi) is 7.82. The van der Waals surface area contributed by atoms with Crippen LogP contribution < -0.4 is 21.3 Å². The van der Waals surface area contributed by atoms with E-state index in [4.69, 9.17) is 16.3 Å². The number of fused-ring (bicyclic) bond motifs is 1. The van der Waals surface area contributed by atoms with Crippen molar-refractivity contribution in [2.24, 2.45) is 5.84 Å². The van der Waals surface area contributed by atoms with Crippen LogP contribution in [-0.4, -0.2) is 35.7 Å². The lowest BCUT2D eigenvalue weighted by molar-refractivity contribution is -0.137. The maximum absolute atomic E-state index is 11.9. The number of nitrogen functional groups attached to an aromatic ring is 1. The maximum Gasteiger partial charge on any atom is 0.304 e. The molecule has 0 amide bonds. The molecule has 0 bridgehead atoms. The number of nitrogens with zero attached hydrogens (tertiary/aromatic N) is 2. The van der Waals surface area contributed by atoms with E-state index in [1.165, 1.54) is 16.7 Å². The third-order valence-electron chi connectivity index (χ3n) is 7.14. The van der Waals surface area contributed by atoms with Crippen molar-refractivity contribution in [3.63, 3.8) is 0 Å². The molecule has 0 aromatic heterocycles. The number of para-hydroxylation sites is 1. The fourth-order valence-electron chi connectivity index (χ4n) is 4.95. The van der Waals surface area contributed by atoms with Gasteiger partial charge in [-0.05, 0) is 60.7 Å². The van der Waals surface area contributed by atoms with Crippen LogP contribution in [0.1, 0.15) is 52.6 Å². The van der Waals surface area contributed by atoms with Gasteiger partial charge in [-0.25, -0.2) is 5.84 Å². The predicted octanol–water partition coefficient (Wildman–Crippen LogP) is 4.59. The lowest BCUT2D eigenvalue weighted by Crippen LogP contribution is -2.31. The SMILES string of the molecule is CCN(N)c1ccc(C(CC(=O)O)c2ccc(C)c(CN3CCOc4ccccc4C3)c2)c(C)c1N. The molecule has 0 radical (unpaired) electrons. The van der Waals surface area contributed by atoms with Gasteiger partial charge in [0.25, 0.3) is 0 Å². The van der Waals surface area contributed by atoms with Gasteiger partial charge in [0.15, 0.2) is 0 Å². The fourth-order valence-corrected chi connectivity index (χ4v) is 4.95. The standard InChI is InChI=1S/C29H36N4O3/c1-4-33(31)26-12-11-24(20(3)29(26)30)25(16-28(34)35)21-10-9-19(2)23(15-21)18-32-13-14-36-27-8-6-5-7-22(27)17-32/h5-12,15,25H,4,13-14,16-18,30-31H2,1-3H3,(H,34,35). The van der Waals surface area contributed by atoms with Crippen LogP contribution in [0, 0.1) is 13.8 Å². The van der Waals surface area contributed by atoms with Crippen LogP contribution >= 0.6 is 0 Å². The summed E-state index contributed by atoms with van der Waals surface area (Å²) in [7, 11) is 0. The zero-order chi connectivity index (χ0) is 25.8. The van der Waals surface area contributed by atoms with Gasteiger partial charge in [0, 0.05) is 37.7 Å². The summed E-state index contributed by atoms with van der Waals surface area (Å²) in [5, 5.41) is 11.4. The highest BCUT2D eigenvalue weighted by Gasteiger charge is 2.24. The Morgan fingerprint density at radius 3 is 2.69 bits per heavy atom. The quantitative estimate of drug-likeness (QED) is 0.242. The van der Waals surface area contributed by atoms with Gasteiger partial charge in [-0.15, -0.1) is 0 Å². The van der Waals surface area contributed by atoms with E-state index in [9.17, 15) is 9.90 Å². The number of anilines is 2. The number of hydrogen-bond donors (Lipinski definition) is 3. The van der Waals surface area contributed by atoms with E-state index in [-0.39, 0.29) is 12.3 Å². The van der Waals surface area contributed by atoms with Gasteiger partial charge in [0.2, 0.25) is 0 Å². The summed E-state index contributed by atoms with van der Waals surface area (Å²) in [4.78, 5) is 14.3. The molecule has 4 rings (SSSR count). The molecule has 0 fully saturated rings. The van der Waals surface area contributed by atoms with Crippen LogP contribution in [0.15, 0.2) is 54.6 Å². The molecule has 1 aliphatic rings. The van der Waals surface area contributed by atoms with Crippen molar-refractivity contribution in [1.29, 1.82) is 0 Å². The van der Waals surface area contributed by atoms with E-state index in [2.05, 4.69) is 30.0 Å². The van der Waals surface area contributed by atoms with E-state index in [1.54, 1.807) is 5.01 Å². The minimum Gasteiger partial charge on any atom is -0.492 e. The van der Waals surface area contributed by atoms with Crippen molar-refractivity contribution in [3.05, 3.63) is 88.0 Å². The fraction of sp³-hybridized carbons (Fsp3) is 0.345. The van der Waals surface area contributed by atoms with Crippen LogP contribution in [0.5, 0.6) is 5.75 Å². The number of nitrogens with two attached hydrogens (primary N) is 2. The van der Waals surface area contributed by atoms with Crippen molar-refractivity contribution in [3.8, 4) is 5.75 Å². The molecule has 3 aromatic rings. The Morgan fingerprint density at radius 1 is 1.17 bits per heavy atom. The monoisotopic (exact) mass is 488 g/mol. The Balaban J connectivity index is 1.67. The summed E-state index contributed by atoms with van der Waals surface area (Å²) < 4.78 is 5.94. The third-order valence-corrected chi connectivity index (χ3v) is 7.14. The Bertz CT molecular complexity index is 1240. The van der Waals surface area contributed by atoms with E-state index in [1.807, 2.05) is 50.2 Å². The predicted molar refractivity (Wildman–Crippen MR) is 144 cm³/mol. The number of hydrazine groups is 1. The molecule has 190 valence electrons.